The van der Waals surface area contributed by atoms with Crippen molar-refractivity contribution in [1.29, 1.82) is 0 Å². The van der Waals surface area contributed by atoms with Gasteiger partial charge in [0.15, 0.2) is 0 Å². The third kappa shape index (κ3) is 3.23. The highest BCUT2D eigenvalue weighted by Gasteiger charge is 2.33. The van der Waals surface area contributed by atoms with Crippen LogP contribution in [0.1, 0.15) is 27.2 Å². The third-order valence-electron chi connectivity index (χ3n) is 4.03. The lowest BCUT2D eigenvalue weighted by Crippen LogP contribution is -2.54. The molecule has 0 aromatic carbocycles. The maximum atomic E-state index is 12.5. The Morgan fingerprint density at radius 3 is 2.83 bits per heavy atom. The summed E-state index contributed by atoms with van der Waals surface area (Å²) in [5.41, 5.74) is 0. The number of carbonyl (C=O) groups is 1. The van der Waals surface area contributed by atoms with Crippen LogP contribution in [-0.4, -0.2) is 61.0 Å². The molecule has 1 amide bonds. The van der Waals surface area contributed by atoms with Crippen LogP contribution in [0.25, 0.3) is 0 Å². The van der Waals surface area contributed by atoms with Crippen LogP contribution in [0.2, 0.25) is 0 Å². The molecule has 0 aromatic rings. The molecule has 2 rings (SSSR count). The number of hydrogen-bond acceptors (Lipinski definition) is 3. The molecule has 4 nitrogen and oxygen atoms in total. The number of nitrogens with zero attached hydrogens (tertiary/aromatic N) is 2. The van der Waals surface area contributed by atoms with E-state index >= 15 is 0 Å². The van der Waals surface area contributed by atoms with Crippen molar-refractivity contribution < 1.29 is 4.79 Å². The van der Waals surface area contributed by atoms with E-state index in [1.54, 1.807) is 0 Å². The standard InChI is InChI=1S/C14H27N3O/c1-11(2)9-16-6-4-13(10-16)14(18)17-7-5-15-8-12(17)3/h11-13,15H,4-10H2,1-3H3/t12-,13+/m1/s1. The molecule has 0 aromatic heterocycles. The number of hydrogen-bond donors (Lipinski definition) is 1. The minimum atomic E-state index is 0.240. The van der Waals surface area contributed by atoms with Crippen LogP contribution >= 0.6 is 0 Å². The normalized spacial score (nSPS) is 30.1. The van der Waals surface area contributed by atoms with Gasteiger partial charge in [-0.05, 0) is 25.8 Å². The highest BCUT2D eigenvalue weighted by Crippen LogP contribution is 2.21. The molecule has 0 aliphatic carbocycles. The van der Waals surface area contributed by atoms with E-state index in [9.17, 15) is 4.79 Å². The average Bonchev–Trinajstić information content (AvgIpc) is 2.76. The van der Waals surface area contributed by atoms with Gasteiger partial charge in [0.2, 0.25) is 5.91 Å². The van der Waals surface area contributed by atoms with Gasteiger partial charge in [0.1, 0.15) is 0 Å². The summed E-state index contributed by atoms with van der Waals surface area (Å²) in [6, 6.07) is 0.352. The summed E-state index contributed by atoms with van der Waals surface area (Å²) < 4.78 is 0. The molecular formula is C14H27N3O. The monoisotopic (exact) mass is 253 g/mol. The fourth-order valence-electron chi connectivity index (χ4n) is 3.12. The Bertz CT molecular complexity index is 293. The zero-order valence-corrected chi connectivity index (χ0v) is 12.0. The first-order valence-electron chi connectivity index (χ1n) is 7.31. The molecule has 2 aliphatic rings. The van der Waals surface area contributed by atoms with Crippen LogP contribution in [0.3, 0.4) is 0 Å². The second kappa shape index (κ2) is 6.02. The van der Waals surface area contributed by atoms with E-state index in [0.717, 1.165) is 45.7 Å². The number of nitrogens with one attached hydrogen (secondary N) is 1. The maximum Gasteiger partial charge on any atom is 0.227 e. The third-order valence-corrected chi connectivity index (χ3v) is 4.03. The predicted molar refractivity (Wildman–Crippen MR) is 73.4 cm³/mol. The zero-order chi connectivity index (χ0) is 13.1. The fourth-order valence-corrected chi connectivity index (χ4v) is 3.12. The molecule has 104 valence electrons. The molecule has 0 saturated carbocycles. The summed E-state index contributed by atoms with van der Waals surface area (Å²) in [5, 5.41) is 3.34. The number of amides is 1. The van der Waals surface area contributed by atoms with Gasteiger partial charge in [0.25, 0.3) is 0 Å². The lowest BCUT2D eigenvalue weighted by atomic mass is 10.1. The molecule has 1 N–H and O–H groups in total. The van der Waals surface area contributed by atoms with Gasteiger partial charge in [-0.1, -0.05) is 13.8 Å². The Hall–Kier alpha value is -0.610. The number of piperazine rings is 1. The van der Waals surface area contributed by atoms with Gasteiger partial charge in [-0.25, -0.2) is 0 Å². The number of carbonyl (C=O) groups excluding carboxylic acids is 1. The van der Waals surface area contributed by atoms with E-state index in [2.05, 4.69) is 35.9 Å². The average molecular weight is 253 g/mol. The Balaban J connectivity index is 1.86. The SMILES string of the molecule is CC(C)CN1CC[C@H](C(=O)N2CCNC[C@H]2C)C1. The first kappa shape index (κ1) is 13.8. The molecule has 18 heavy (non-hydrogen) atoms. The molecule has 2 heterocycles. The molecule has 0 unspecified atom stereocenters. The van der Waals surface area contributed by atoms with Crippen molar-refractivity contribution in [2.75, 3.05) is 39.3 Å². The van der Waals surface area contributed by atoms with Crippen LogP contribution < -0.4 is 5.32 Å². The molecule has 2 saturated heterocycles. The van der Waals surface area contributed by atoms with Crippen molar-refractivity contribution in [3.63, 3.8) is 0 Å². The van der Waals surface area contributed by atoms with Crippen molar-refractivity contribution in [3.8, 4) is 0 Å². The highest BCUT2D eigenvalue weighted by atomic mass is 16.2. The van der Waals surface area contributed by atoms with Gasteiger partial charge in [-0.2, -0.15) is 0 Å². The number of likely N-dealkylation sites (tertiary alicyclic amines) is 1. The van der Waals surface area contributed by atoms with Crippen LogP contribution in [-0.2, 0) is 4.79 Å². The van der Waals surface area contributed by atoms with Crippen molar-refractivity contribution in [2.45, 2.75) is 33.2 Å². The molecule has 2 fully saturated rings. The number of rotatable bonds is 3. The summed E-state index contributed by atoms with van der Waals surface area (Å²) in [6.07, 6.45) is 1.04. The molecule has 0 spiro atoms. The minimum Gasteiger partial charge on any atom is -0.337 e. The van der Waals surface area contributed by atoms with Crippen LogP contribution in [0.5, 0.6) is 0 Å². The molecule has 0 radical (unpaired) electrons. The van der Waals surface area contributed by atoms with Gasteiger partial charge in [-0.3, -0.25) is 4.79 Å². The van der Waals surface area contributed by atoms with Crippen molar-refractivity contribution in [2.24, 2.45) is 11.8 Å². The minimum absolute atomic E-state index is 0.240. The van der Waals surface area contributed by atoms with Gasteiger partial charge in [0, 0.05) is 38.8 Å². The molecule has 2 atom stereocenters. The van der Waals surface area contributed by atoms with E-state index in [0.29, 0.717) is 17.9 Å². The van der Waals surface area contributed by atoms with E-state index in [1.165, 1.54) is 0 Å². The van der Waals surface area contributed by atoms with Crippen LogP contribution in [0, 0.1) is 11.8 Å². The largest absolute Gasteiger partial charge is 0.337 e. The Labute approximate surface area is 111 Å². The summed E-state index contributed by atoms with van der Waals surface area (Å²) in [7, 11) is 0. The smallest absolute Gasteiger partial charge is 0.227 e. The highest BCUT2D eigenvalue weighted by molar-refractivity contribution is 5.79. The molecule has 0 bridgehead atoms. The Morgan fingerprint density at radius 2 is 2.17 bits per heavy atom. The lowest BCUT2D eigenvalue weighted by molar-refractivity contribution is -0.138. The first-order valence-corrected chi connectivity index (χ1v) is 7.31. The van der Waals surface area contributed by atoms with E-state index < -0.39 is 0 Å². The Kier molecular flexibility index (Phi) is 4.62. The molecular weight excluding hydrogens is 226 g/mol. The summed E-state index contributed by atoms with van der Waals surface area (Å²) in [5.74, 6) is 1.32. The van der Waals surface area contributed by atoms with E-state index in [4.69, 9.17) is 0 Å². The molecule has 4 heteroatoms. The second-order valence-electron chi connectivity index (χ2n) is 6.22. The van der Waals surface area contributed by atoms with Gasteiger partial charge < -0.3 is 15.1 Å². The summed E-state index contributed by atoms with van der Waals surface area (Å²) in [6.45, 7) is 12.6. The first-order chi connectivity index (χ1) is 8.58. The fraction of sp³-hybridized carbons (Fsp3) is 0.929. The zero-order valence-electron chi connectivity index (χ0n) is 12.0. The summed E-state index contributed by atoms with van der Waals surface area (Å²) >= 11 is 0. The van der Waals surface area contributed by atoms with Crippen molar-refractivity contribution in [1.82, 2.24) is 15.1 Å². The Morgan fingerprint density at radius 1 is 1.39 bits per heavy atom. The van der Waals surface area contributed by atoms with Gasteiger partial charge in [-0.15, -0.1) is 0 Å². The quantitative estimate of drug-likeness (QED) is 0.807. The maximum absolute atomic E-state index is 12.5. The van der Waals surface area contributed by atoms with Crippen molar-refractivity contribution in [3.05, 3.63) is 0 Å². The van der Waals surface area contributed by atoms with E-state index in [1.807, 2.05) is 0 Å². The van der Waals surface area contributed by atoms with Crippen LogP contribution in [0.4, 0.5) is 0 Å². The molecule has 2 aliphatic heterocycles. The topological polar surface area (TPSA) is 35.6 Å². The predicted octanol–water partition coefficient (Wildman–Crippen LogP) is 0.785. The van der Waals surface area contributed by atoms with Crippen molar-refractivity contribution >= 4 is 5.91 Å². The van der Waals surface area contributed by atoms with Crippen LogP contribution in [0.15, 0.2) is 0 Å². The van der Waals surface area contributed by atoms with Gasteiger partial charge >= 0.3 is 0 Å². The van der Waals surface area contributed by atoms with E-state index in [-0.39, 0.29) is 5.92 Å². The van der Waals surface area contributed by atoms with Gasteiger partial charge in [0.05, 0.1) is 5.92 Å². The summed E-state index contributed by atoms with van der Waals surface area (Å²) in [4.78, 5) is 17.0. The second-order valence-corrected chi connectivity index (χ2v) is 6.22. The lowest BCUT2D eigenvalue weighted by Gasteiger charge is -2.35.